The molecular formula is C10H10Cl3N3O. The first-order valence-electron chi connectivity index (χ1n) is 4.26. The van der Waals surface area contributed by atoms with E-state index in [0.29, 0.717) is 17.3 Å². The van der Waals surface area contributed by atoms with Gasteiger partial charge in [-0.1, -0.05) is 0 Å². The van der Waals surface area contributed by atoms with E-state index in [9.17, 15) is 0 Å². The lowest BCUT2D eigenvalue weighted by atomic mass is 10.3. The molecule has 4 nitrogen and oxygen atoms in total. The van der Waals surface area contributed by atoms with Crippen molar-refractivity contribution < 1.29 is 4.74 Å². The molecule has 7 heteroatoms. The standard InChI is InChI=1S/C10H8ClN3O.2ClH/c11-10-13-6-5-9(14-10)15-8-3-1-7(12)2-4-8;;/h1-6H,12H2;2*1H. The molecule has 1 heterocycles. The van der Waals surface area contributed by atoms with Gasteiger partial charge in [-0.15, -0.1) is 24.8 Å². The zero-order chi connectivity index (χ0) is 10.7. The maximum absolute atomic E-state index is 5.61. The zero-order valence-electron chi connectivity index (χ0n) is 8.54. The Kier molecular flexibility index (Phi) is 6.65. The molecule has 2 N–H and O–H groups in total. The lowest BCUT2D eigenvalue weighted by Gasteiger charge is -2.04. The van der Waals surface area contributed by atoms with Crippen LogP contribution < -0.4 is 10.5 Å². The summed E-state index contributed by atoms with van der Waals surface area (Å²) in [6, 6.07) is 8.63. The van der Waals surface area contributed by atoms with Gasteiger partial charge in [-0.3, -0.25) is 0 Å². The van der Waals surface area contributed by atoms with E-state index < -0.39 is 0 Å². The monoisotopic (exact) mass is 293 g/mol. The largest absolute Gasteiger partial charge is 0.439 e. The normalized spacial score (nSPS) is 8.76. The fraction of sp³-hybridized carbons (Fsp3) is 0. The highest BCUT2D eigenvalue weighted by Crippen LogP contribution is 2.20. The third kappa shape index (κ3) is 4.65. The minimum absolute atomic E-state index is 0. The number of nitrogen functional groups attached to an aromatic ring is 1. The first-order valence-corrected chi connectivity index (χ1v) is 4.64. The van der Waals surface area contributed by atoms with E-state index in [1.165, 1.54) is 6.20 Å². The first-order chi connectivity index (χ1) is 7.24. The van der Waals surface area contributed by atoms with Gasteiger partial charge >= 0.3 is 0 Å². The molecule has 1 aromatic heterocycles. The van der Waals surface area contributed by atoms with Crippen LogP contribution in [0.4, 0.5) is 5.69 Å². The van der Waals surface area contributed by atoms with Gasteiger partial charge in [0.05, 0.1) is 0 Å². The van der Waals surface area contributed by atoms with Crippen molar-refractivity contribution in [1.82, 2.24) is 9.97 Å². The van der Waals surface area contributed by atoms with Gasteiger partial charge in [-0.2, -0.15) is 4.98 Å². The van der Waals surface area contributed by atoms with E-state index in [1.807, 2.05) is 0 Å². The molecule has 0 radical (unpaired) electrons. The van der Waals surface area contributed by atoms with Gasteiger partial charge in [-0.25, -0.2) is 4.98 Å². The average molecular weight is 295 g/mol. The van der Waals surface area contributed by atoms with Gasteiger partial charge < -0.3 is 10.5 Å². The number of anilines is 1. The molecule has 0 bridgehead atoms. The van der Waals surface area contributed by atoms with E-state index in [2.05, 4.69) is 9.97 Å². The molecule has 0 aliphatic carbocycles. The second-order valence-electron chi connectivity index (χ2n) is 2.84. The van der Waals surface area contributed by atoms with Crippen LogP contribution in [0, 0.1) is 0 Å². The van der Waals surface area contributed by atoms with E-state index in [1.54, 1.807) is 30.3 Å². The smallest absolute Gasteiger partial charge is 0.225 e. The molecular weight excluding hydrogens is 284 g/mol. The molecule has 17 heavy (non-hydrogen) atoms. The van der Waals surface area contributed by atoms with Crippen LogP contribution in [-0.2, 0) is 0 Å². The summed E-state index contributed by atoms with van der Waals surface area (Å²) in [7, 11) is 0. The summed E-state index contributed by atoms with van der Waals surface area (Å²) < 4.78 is 5.42. The summed E-state index contributed by atoms with van der Waals surface area (Å²) in [5.41, 5.74) is 6.23. The summed E-state index contributed by atoms with van der Waals surface area (Å²) in [5, 5.41) is 0.156. The van der Waals surface area contributed by atoms with Gasteiger partial charge in [0.15, 0.2) is 0 Å². The molecule has 0 spiro atoms. The van der Waals surface area contributed by atoms with Crippen molar-refractivity contribution in [2.75, 3.05) is 5.73 Å². The highest BCUT2D eigenvalue weighted by Gasteiger charge is 1.99. The third-order valence-corrected chi connectivity index (χ3v) is 1.89. The van der Waals surface area contributed by atoms with E-state index >= 15 is 0 Å². The summed E-state index contributed by atoms with van der Waals surface area (Å²) in [4.78, 5) is 7.64. The second-order valence-corrected chi connectivity index (χ2v) is 3.17. The quantitative estimate of drug-likeness (QED) is 0.681. The Morgan fingerprint density at radius 3 is 2.29 bits per heavy atom. The van der Waals surface area contributed by atoms with E-state index in [0.717, 1.165) is 0 Å². The Morgan fingerprint density at radius 1 is 1.06 bits per heavy atom. The van der Waals surface area contributed by atoms with Crippen LogP contribution >= 0.6 is 36.4 Å². The maximum Gasteiger partial charge on any atom is 0.225 e. The Bertz CT molecular complexity index is 465. The van der Waals surface area contributed by atoms with Crippen molar-refractivity contribution in [2.45, 2.75) is 0 Å². The van der Waals surface area contributed by atoms with Crippen LogP contribution in [0.5, 0.6) is 11.6 Å². The number of hydrogen-bond acceptors (Lipinski definition) is 4. The van der Waals surface area contributed by atoms with Crippen LogP contribution in [0.2, 0.25) is 5.28 Å². The van der Waals surface area contributed by atoms with Crippen molar-refractivity contribution in [3.63, 3.8) is 0 Å². The Labute approximate surface area is 116 Å². The van der Waals surface area contributed by atoms with Crippen LogP contribution in [0.1, 0.15) is 0 Å². The number of halogens is 3. The number of aromatic nitrogens is 2. The SMILES string of the molecule is Cl.Cl.Nc1ccc(Oc2ccnc(Cl)n2)cc1. The minimum atomic E-state index is 0. The summed E-state index contributed by atoms with van der Waals surface area (Å²) in [5.74, 6) is 1.05. The third-order valence-electron chi connectivity index (χ3n) is 1.70. The number of ether oxygens (including phenoxy) is 1. The van der Waals surface area contributed by atoms with Crippen LogP contribution in [-0.4, -0.2) is 9.97 Å². The van der Waals surface area contributed by atoms with E-state index in [4.69, 9.17) is 22.1 Å². The Morgan fingerprint density at radius 2 is 1.71 bits per heavy atom. The Balaban J connectivity index is 0.00000128. The van der Waals surface area contributed by atoms with Crippen LogP contribution in [0.15, 0.2) is 36.5 Å². The predicted molar refractivity (Wildman–Crippen MR) is 72.5 cm³/mol. The predicted octanol–water partition coefficient (Wildman–Crippen LogP) is 3.35. The highest BCUT2D eigenvalue weighted by molar-refractivity contribution is 6.28. The van der Waals surface area contributed by atoms with Gasteiger partial charge in [0, 0.05) is 18.0 Å². The molecule has 0 fully saturated rings. The highest BCUT2D eigenvalue weighted by atomic mass is 35.5. The van der Waals surface area contributed by atoms with Crippen molar-refractivity contribution in [3.05, 3.63) is 41.8 Å². The number of nitrogens with zero attached hydrogens (tertiary/aromatic N) is 2. The van der Waals surface area contributed by atoms with Crippen molar-refractivity contribution in [3.8, 4) is 11.6 Å². The fourth-order valence-corrected chi connectivity index (χ4v) is 1.17. The second kappa shape index (κ2) is 7.17. The van der Waals surface area contributed by atoms with Gasteiger partial charge in [-0.05, 0) is 35.9 Å². The zero-order valence-corrected chi connectivity index (χ0v) is 10.9. The van der Waals surface area contributed by atoms with E-state index in [-0.39, 0.29) is 30.1 Å². The van der Waals surface area contributed by atoms with Gasteiger partial charge in [0.2, 0.25) is 11.2 Å². The van der Waals surface area contributed by atoms with Gasteiger partial charge in [0.25, 0.3) is 0 Å². The number of hydrogen-bond donors (Lipinski definition) is 1. The molecule has 2 aromatic rings. The molecule has 92 valence electrons. The maximum atomic E-state index is 5.61. The first kappa shape index (κ1) is 15.8. The molecule has 0 saturated carbocycles. The molecule has 0 unspecified atom stereocenters. The van der Waals surface area contributed by atoms with Crippen LogP contribution in [0.3, 0.4) is 0 Å². The molecule has 1 aromatic carbocycles. The summed E-state index contributed by atoms with van der Waals surface area (Å²) in [6.45, 7) is 0. The number of benzene rings is 1. The summed E-state index contributed by atoms with van der Waals surface area (Å²) >= 11 is 5.61. The Hall–Kier alpha value is -1.23. The lowest BCUT2D eigenvalue weighted by Crippen LogP contribution is -1.90. The number of rotatable bonds is 2. The summed E-state index contributed by atoms with van der Waals surface area (Å²) in [6.07, 6.45) is 1.53. The van der Waals surface area contributed by atoms with Crippen molar-refractivity contribution in [1.29, 1.82) is 0 Å². The molecule has 0 aliphatic rings. The van der Waals surface area contributed by atoms with Crippen molar-refractivity contribution >= 4 is 42.1 Å². The topological polar surface area (TPSA) is 61.0 Å². The fourth-order valence-electron chi connectivity index (χ4n) is 1.03. The average Bonchev–Trinajstić information content (AvgIpc) is 2.22. The molecule has 2 rings (SSSR count). The molecule has 0 aliphatic heterocycles. The van der Waals surface area contributed by atoms with Crippen LogP contribution in [0.25, 0.3) is 0 Å². The number of nitrogens with two attached hydrogens (primary N) is 1. The molecule has 0 atom stereocenters. The molecule has 0 amide bonds. The van der Waals surface area contributed by atoms with Gasteiger partial charge in [0.1, 0.15) is 5.75 Å². The molecule has 0 saturated heterocycles. The minimum Gasteiger partial charge on any atom is -0.439 e. The lowest BCUT2D eigenvalue weighted by molar-refractivity contribution is 0.461. The van der Waals surface area contributed by atoms with Crippen molar-refractivity contribution in [2.24, 2.45) is 0 Å².